The van der Waals surface area contributed by atoms with Gasteiger partial charge in [-0.15, -0.1) is 0 Å². The Kier molecular flexibility index (Phi) is 4.89. The summed E-state index contributed by atoms with van der Waals surface area (Å²) in [6.07, 6.45) is 1.72. The van der Waals surface area contributed by atoms with E-state index >= 15 is 0 Å². The fourth-order valence-corrected chi connectivity index (χ4v) is 3.36. The average Bonchev–Trinajstić information content (AvgIpc) is 2.75. The van der Waals surface area contributed by atoms with Crippen molar-refractivity contribution in [2.45, 2.75) is 45.1 Å². The maximum absolute atomic E-state index is 6.54. The standard InChI is InChI=1S/C17H24BrN3/c1-5-13-16(18)14(21(4)20-13)11-15(19)17(2,3)12-9-7-6-8-10-12/h6-10,15H,5,11,19H2,1-4H3. The molecule has 2 N–H and O–H groups in total. The molecule has 1 aromatic heterocycles. The van der Waals surface area contributed by atoms with Gasteiger partial charge in [0.05, 0.1) is 15.9 Å². The molecule has 3 nitrogen and oxygen atoms in total. The van der Waals surface area contributed by atoms with Crippen LogP contribution in [0, 0.1) is 0 Å². The number of halogens is 1. The first kappa shape index (κ1) is 16.2. The predicted molar refractivity (Wildman–Crippen MR) is 91.4 cm³/mol. The summed E-state index contributed by atoms with van der Waals surface area (Å²) >= 11 is 3.67. The molecule has 0 bridgehead atoms. The summed E-state index contributed by atoms with van der Waals surface area (Å²) in [5, 5.41) is 4.55. The highest BCUT2D eigenvalue weighted by atomic mass is 79.9. The lowest BCUT2D eigenvalue weighted by Crippen LogP contribution is -2.42. The van der Waals surface area contributed by atoms with E-state index in [4.69, 9.17) is 5.73 Å². The van der Waals surface area contributed by atoms with Crippen LogP contribution in [0.15, 0.2) is 34.8 Å². The van der Waals surface area contributed by atoms with Crippen LogP contribution < -0.4 is 5.73 Å². The monoisotopic (exact) mass is 349 g/mol. The molecule has 1 atom stereocenters. The lowest BCUT2D eigenvalue weighted by atomic mass is 9.76. The van der Waals surface area contributed by atoms with Crippen LogP contribution in [0.5, 0.6) is 0 Å². The lowest BCUT2D eigenvalue weighted by Gasteiger charge is -2.32. The Morgan fingerprint density at radius 3 is 2.43 bits per heavy atom. The van der Waals surface area contributed by atoms with Crippen LogP contribution in [0.1, 0.15) is 37.7 Å². The molecule has 21 heavy (non-hydrogen) atoms. The van der Waals surface area contributed by atoms with Crippen molar-refractivity contribution in [3.05, 3.63) is 51.8 Å². The third-order valence-corrected chi connectivity index (χ3v) is 5.28. The molecule has 1 unspecified atom stereocenters. The zero-order valence-corrected chi connectivity index (χ0v) is 14.8. The van der Waals surface area contributed by atoms with Gasteiger partial charge < -0.3 is 5.73 Å². The van der Waals surface area contributed by atoms with Crippen molar-refractivity contribution in [1.82, 2.24) is 9.78 Å². The Morgan fingerprint density at radius 1 is 1.29 bits per heavy atom. The fourth-order valence-electron chi connectivity index (χ4n) is 2.59. The number of rotatable bonds is 5. The normalized spacial score (nSPS) is 13.4. The lowest BCUT2D eigenvalue weighted by molar-refractivity contribution is 0.399. The van der Waals surface area contributed by atoms with Gasteiger partial charge in [-0.25, -0.2) is 0 Å². The third-order valence-electron chi connectivity index (χ3n) is 4.36. The maximum atomic E-state index is 6.54. The van der Waals surface area contributed by atoms with E-state index in [2.05, 4.69) is 66.1 Å². The van der Waals surface area contributed by atoms with Gasteiger partial charge >= 0.3 is 0 Å². The van der Waals surface area contributed by atoms with E-state index in [1.807, 2.05) is 17.8 Å². The van der Waals surface area contributed by atoms with Crippen molar-refractivity contribution in [2.75, 3.05) is 0 Å². The zero-order chi connectivity index (χ0) is 15.6. The molecule has 4 heteroatoms. The number of nitrogens with zero attached hydrogens (tertiary/aromatic N) is 2. The molecule has 0 saturated heterocycles. The van der Waals surface area contributed by atoms with Crippen LogP contribution in [-0.4, -0.2) is 15.8 Å². The molecular formula is C17H24BrN3. The van der Waals surface area contributed by atoms with Gasteiger partial charge in [0.1, 0.15) is 0 Å². The highest BCUT2D eigenvalue weighted by molar-refractivity contribution is 9.10. The summed E-state index contributed by atoms with van der Waals surface area (Å²) in [7, 11) is 1.99. The van der Waals surface area contributed by atoms with Gasteiger partial charge in [-0.1, -0.05) is 51.1 Å². The third kappa shape index (κ3) is 3.22. The Morgan fingerprint density at radius 2 is 1.90 bits per heavy atom. The zero-order valence-electron chi connectivity index (χ0n) is 13.2. The second kappa shape index (κ2) is 6.32. The van der Waals surface area contributed by atoms with E-state index in [9.17, 15) is 0 Å². The van der Waals surface area contributed by atoms with E-state index in [0.29, 0.717) is 0 Å². The number of aryl methyl sites for hydroxylation is 2. The molecular weight excluding hydrogens is 326 g/mol. The average molecular weight is 350 g/mol. The predicted octanol–water partition coefficient (Wildman–Crippen LogP) is 3.59. The van der Waals surface area contributed by atoms with Crippen molar-refractivity contribution in [1.29, 1.82) is 0 Å². The largest absolute Gasteiger partial charge is 0.327 e. The molecule has 0 aliphatic carbocycles. The highest BCUT2D eigenvalue weighted by Crippen LogP contribution is 2.30. The molecule has 0 radical (unpaired) electrons. The Balaban J connectivity index is 2.26. The van der Waals surface area contributed by atoms with Gasteiger partial charge in [-0.2, -0.15) is 5.10 Å². The SMILES string of the molecule is CCc1nn(C)c(CC(N)C(C)(C)c2ccccc2)c1Br. The van der Waals surface area contributed by atoms with Crippen molar-refractivity contribution >= 4 is 15.9 Å². The summed E-state index contributed by atoms with van der Waals surface area (Å²) in [5.74, 6) is 0. The minimum absolute atomic E-state index is 0.0244. The van der Waals surface area contributed by atoms with E-state index < -0.39 is 0 Å². The smallest absolute Gasteiger partial charge is 0.0766 e. The van der Waals surface area contributed by atoms with E-state index in [0.717, 1.165) is 23.0 Å². The Bertz CT molecular complexity index is 602. The molecule has 0 aliphatic rings. The first-order valence-electron chi connectivity index (χ1n) is 7.39. The second-order valence-corrected chi connectivity index (χ2v) is 6.88. The van der Waals surface area contributed by atoms with Crippen molar-refractivity contribution in [3.63, 3.8) is 0 Å². The molecule has 0 amide bonds. The molecule has 0 spiro atoms. The molecule has 0 aliphatic heterocycles. The molecule has 2 aromatic rings. The molecule has 1 heterocycles. The minimum atomic E-state index is -0.0860. The Hall–Kier alpha value is -1.13. The van der Waals surface area contributed by atoms with Gasteiger partial charge in [-0.3, -0.25) is 4.68 Å². The van der Waals surface area contributed by atoms with Gasteiger partial charge in [0.15, 0.2) is 0 Å². The highest BCUT2D eigenvalue weighted by Gasteiger charge is 2.30. The summed E-state index contributed by atoms with van der Waals surface area (Å²) in [5.41, 5.74) is 9.99. The van der Waals surface area contributed by atoms with Crippen LogP contribution >= 0.6 is 15.9 Å². The topological polar surface area (TPSA) is 43.8 Å². The summed E-state index contributed by atoms with van der Waals surface area (Å²) in [6, 6.07) is 10.5. The van der Waals surface area contributed by atoms with E-state index in [1.54, 1.807) is 0 Å². The van der Waals surface area contributed by atoms with Crippen molar-refractivity contribution in [3.8, 4) is 0 Å². The minimum Gasteiger partial charge on any atom is -0.327 e. The fraction of sp³-hybridized carbons (Fsp3) is 0.471. The quantitative estimate of drug-likeness (QED) is 0.896. The van der Waals surface area contributed by atoms with Crippen LogP contribution in [0.2, 0.25) is 0 Å². The van der Waals surface area contributed by atoms with E-state index in [1.165, 1.54) is 11.3 Å². The number of hydrogen-bond donors (Lipinski definition) is 1. The molecule has 114 valence electrons. The molecule has 2 rings (SSSR count). The number of nitrogens with two attached hydrogens (primary N) is 1. The van der Waals surface area contributed by atoms with Gasteiger partial charge in [-0.05, 0) is 27.9 Å². The van der Waals surface area contributed by atoms with Gasteiger partial charge in [0.2, 0.25) is 0 Å². The van der Waals surface area contributed by atoms with Crippen LogP contribution in [0.4, 0.5) is 0 Å². The summed E-state index contributed by atoms with van der Waals surface area (Å²) in [6.45, 7) is 6.53. The van der Waals surface area contributed by atoms with Crippen molar-refractivity contribution < 1.29 is 0 Å². The van der Waals surface area contributed by atoms with Gasteiger partial charge in [0.25, 0.3) is 0 Å². The summed E-state index contributed by atoms with van der Waals surface area (Å²) < 4.78 is 3.05. The number of aromatic nitrogens is 2. The molecule has 0 saturated carbocycles. The number of hydrogen-bond acceptors (Lipinski definition) is 2. The first-order valence-corrected chi connectivity index (χ1v) is 8.18. The van der Waals surface area contributed by atoms with Crippen LogP contribution in [0.3, 0.4) is 0 Å². The first-order chi connectivity index (χ1) is 9.87. The van der Waals surface area contributed by atoms with Gasteiger partial charge in [0, 0.05) is 24.9 Å². The second-order valence-electron chi connectivity index (χ2n) is 6.08. The molecule has 1 aromatic carbocycles. The van der Waals surface area contributed by atoms with Crippen LogP contribution in [0.25, 0.3) is 0 Å². The Labute approximate surface area is 135 Å². The number of benzene rings is 1. The van der Waals surface area contributed by atoms with Crippen LogP contribution in [-0.2, 0) is 25.3 Å². The van der Waals surface area contributed by atoms with E-state index in [-0.39, 0.29) is 11.5 Å². The maximum Gasteiger partial charge on any atom is 0.0766 e. The molecule has 0 fully saturated rings. The van der Waals surface area contributed by atoms with Crippen molar-refractivity contribution in [2.24, 2.45) is 12.8 Å². The summed E-state index contributed by atoms with van der Waals surface area (Å²) in [4.78, 5) is 0.